The molecule has 0 fully saturated rings. The molecule has 0 spiro atoms. The molecule has 0 saturated heterocycles. The Balaban J connectivity index is 2.40. The monoisotopic (exact) mass is 427 g/mol. The topological polar surface area (TPSA) is 67.8 Å². The Labute approximate surface area is 155 Å². The van der Waals surface area contributed by atoms with Crippen LogP contribution in [0.3, 0.4) is 0 Å². The Bertz CT molecular complexity index is 1070. The van der Waals surface area contributed by atoms with Gasteiger partial charge in [0.1, 0.15) is 11.2 Å². The van der Waals surface area contributed by atoms with E-state index in [-0.39, 0.29) is 15.7 Å². The number of thioether (sulfide) groups is 1. The fourth-order valence-corrected chi connectivity index (χ4v) is 4.46. The van der Waals surface area contributed by atoms with Gasteiger partial charge < -0.3 is 4.98 Å². The van der Waals surface area contributed by atoms with E-state index < -0.39 is 23.1 Å². The number of benzene rings is 1. The number of aromatic nitrogens is 3. The lowest BCUT2D eigenvalue weighted by Crippen LogP contribution is -2.36. The first-order valence-corrected chi connectivity index (χ1v) is 9.19. The number of halogens is 5. The highest BCUT2D eigenvalue weighted by Crippen LogP contribution is 2.39. The zero-order chi connectivity index (χ0) is 18.5. The summed E-state index contributed by atoms with van der Waals surface area (Å²) in [6.07, 6.45) is -3.09. The third-order valence-electron chi connectivity index (χ3n) is 3.17. The van der Waals surface area contributed by atoms with Gasteiger partial charge in [0.2, 0.25) is 0 Å². The van der Waals surface area contributed by atoms with Gasteiger partial charge in [0.05, 0.1) is 20.4 Å². The Morgan fingerprint density at radius 1 is 1.24 bits per heavy atom. The van der Waals surface area contributed by atoms with Crippen molar-refractivity contribution in [1.82, 2.24) is 14.5 Å². The maximum atomic E-state index is 12.7. The Hall–Kier alpha value is -1.49. The van der Waals surface area contributed by atoms with E-state index in [1.165, 1.54) is 17.8 Å². The summed E-state index contributed by atoms with van der Waals surface area (Å²) in [5, 5.41) is 0.151. The van der Waals surface area contributed by atoms with Gasteiger partial charge in [-0.1, -0.05) is 35.0 Å². The van der Waals surface area contributed by atoms with Crippen molar-refractivity contribution >= 4 is 56.5 Å². The molecule has 2 heterocycles. The van der Waals surface area contributed by atoms with Crippen LogP contribution < -0.4 is 11.2 Å². The number of aromatic amines is 1. The number of alkyl halides is 3. The SMILES string of the molecule is CSc1nc2c(Cl)cc(Cl)c(-n3c(=O)cc(C(F)(F)F)[nH]c3=O)c2s1. The van der Waals surface area contributed by atoms with Gasteiger partial charge in [-0.2, -0.15) is 13.2 Å². The number of nitrogens with zero attached hydrogens (tertiary/aromatic N) is 2. The lowest BCUT2D eigenvalue weighted by atomic mass is 10.2. The van der Waals surface area contributed by atoms with E-state index >= 15 is 0 Å². The van der Waals surface area contributed by atoms with Gasteiger partial charge in [-0.15, -0.1) is 11.3 Å². The minimum atomic E-state index is -4.85. The van der Waals surface area contributed by atoms with E-state index in [0.717, 1.165) is 11.3 Å². The van der Waals surface area contributed by atoms with Crippen LogP contribution in [0.15, 0.2) is 26.1 Å². The van der Waals surface area contributed by atoms with Crippen molar-refractivity contribution in [3.05, 3.63) is 48.7 Å². The molecule has 0 aliphatic carbocycles. The molecule has 0 amide bonds. The summed E-state index contributed by atoms with van der Waals surface area (Å²) in [6, 6.07) is 1.59. The van der Waals surface area contributed by atoms with Crippen LogP contribution in [0.4, 0.5) is 13.2 Å². The normalized spacial score (nSPS) is 12.1. The van der Waals surface area contributed by atoms with Gasteiger partial charge in [-0.25, -0.2) is 14.3 Å². The molecule has 25 heavy (non-hydrogen) atoms. The molecule has 0 unspecified atom stereocenters. The summed E-state index contributed by atoms with van der Waals surface area (Å²) in [4.78, 5) is 30.3. The number of hydrogen-bond acceptors (Lipinski definition) is 5. The van der Waals surface area contributed by atoms with E-state index in [9.17, 15) is 22.8 Å². The fraction of sp³-hybridized carbons (Fsp3) is 0.154. The molecule has 3 rings (SSSR count). The van der Waals surface area contributed by atoms with Crippen molar-refractivity contribution in [2.24, 2.45) is 0 Å². The van der Waals surface area contributed by atoms with Crippen molar-refractivity contribution in [2.75, 3.05) is 6.26 Å². The van der Waals surface area contributed by atoms with E-state index in [4.69, 9.17) is 23.2 Å². The Morgan fingerprint density at radius 2 is 1.92 bits per heavy atom. The molecular formula is C13H6Cl2F3N3O2S2. The Morgan fingerprint density at radius 3 is 2.48 bits per heavy atom. The van der Waals surface area contributed by atoms with Crippen LogP contribution in [0.1, 0.15) is 5.69 Å². The second-order valence-electron chi connectivity index (χ2n) is 4.71. The minimum absolute atomic E-state index is 0.0545. The molecule has 0 aliphatic rings. The standard InChI is InChI=1S/C13H6Cl2F3N3O2S2/c1-24-12-20-8-4(14)2-5(15)9(10(8)25-12)21-7(22)3-6(13(16,17)18)19-11(21)23/h2-3H,1H3,(H,19,23). The summed E-state index contributed by atoms with van der Waals surface area (Å²) < 4.78 is 39.7. The minimum Gasteiger partial charge on any atom is -0.303 e. The van der Waals surface area contributed by atoms with Gasteiger partial charge in [0, 0.05) is 6.07 Å². The molecular weight excluding hydrogens is 422 g/mol. The number of H-pyrrole nitrogens is 1. The van der Waals surface area contributed by atoms with E-state index in [0.29, 0.717) is 25.2 Å². The summed E-state index contributed by atoms with van der Waals surface area (Å²) in [5.74, 6) is 0. The number of hydrogen-bond donors (Lipinski definition) is 1. The predicted octanol–water partition coefficient (Wildman–Crippen LogP) is 4.18. The number of nitrogens with one attached hydrogen (secondary N) is 1. The average molecular weight is 428 g/mol. The quantitative estimate of drug-likeness (QED) is 0.622. The maximum absolute atomic E-state index is 12.7. The van der Waals surface area contributed by atoms with Gasteiger partial charge in [0.25, 0.3) is 5.56 Å². The molecule has 0 bridgehead atoms. The third kappa shape index (κ3) is 3.19. The van der Waals surface area contributed by atoms with Gasteiger partial charge >= 0.3 is 11.9 Å². The molecule has 3 aromatic rings. The van der Waals surface area contributed by atoms with Crippen molar-refractivity contribution in [2.45, 2.75) is 10.5 Å². The first kappa shape index (κ1) is 18.3. The molecule has 0 radical (unpaired) electrons. The van der Waals surface area contributed by atoms with Crippen molar-refractivity contribution in [3.8, 4) is 5.69 Å². The maximum Gasteiger partial charge on any atom is 0.431 e. The van der Waals surface area contributed by atoms with Crippen LogP contribution in [0.25, 0.3) is 15.9 Å². The van der Waals surface area contributed by atoms with Crippen LogP contribution >= 0.6 is 46.3 Å². The number of rotatable bonds is 2. The van der Waals surface area contributed by atoms with Crippen molar-refractivity contribution in [1.29, 1.82) is 0 Å². The van der Waals surface area contributed by atoms with E-state index in [2.05, 4.69) is 4.98 Å². The predicted molar refractivity (Wildman–Crippen MR) is 92.6 cm³/mol. The molecule has 12 heteroatoms. The lowest BCUT2D eigenvalue weighted by molar-refractivity contribution is -0.141. The molecule has 0 aliphatic heterocycles. The van der Waals surface area contributed by atoms with Gasteiger partial charge in [-0.3, -0.25) is 4.79 Å². The van der Waals surface area contributed by atoms with Crippen LogP contribution in [-0.4, -0.2) is 20.8 Å². The van der Waals surface area contributed by atoms with Crippen LogP contribution in [0.5, 0.6) is 0 Å². The fourth-order valence-electron chi connectivity index (χ4n) is 2.13. The highest BCUT2D eigenvalue weighted by molar-refractivity contribution is 8.00. The molecule has 132 valence electrons. The molecule has 1 N–H and O–H groups in total. The van der Waals surface area contributed by atoms with E-state index in [1.54, 1.807) is 11.2 Å². The second kappa shape index (κ2) is 6.35. The number of fused-ring (bicyclic) bond motifs is 1. The molecule has 0 atom stereocenters. The highest BCUT2D eigenvalue weighted by atomic mass is 35.5. The first-order valence-electron chi connectivity index (χ1n) is 6.40. The first-order chi connectivity index (χ1) is 11.6. The molecule has 2 aromatic heterocycles. The zero-order valence-electron chi connectivity index (χ0n) is 12.1. The summed E-state index contributed by atoms with van der Waals surface area (Å²) >= 11 is 14.6. The molecule has 1 aromatic carbocycles. The summed E-state index contributed by atoms with van der Waals surface area (Å²) in [6.45, 7) is 0. The summed E-state index contributed by atoms with van der Waals surface area (Å²) in [5.41, 5.74) is -3.61. The smallest absolute Gasteiger partial charge is 0.303 e. The average Bonchev–Trinajstić information content (AvgIpc) is 2.93. The van der Waals surface area contributed by atoms with Crippen LogP contribution in [0.2, 0.25) is 10.0 Å². The van der Waals surface area contributed by atoms with E-state index in [1.807, 2.05) is 0 Å². The lowest BCUT2D eigenvalue weighted by Gasteiger charge is -2.11. The third-order valence-corrected chi connectivity index (χ3v) is 5.79. The van der Waals surface area contributed by atoms with Crippen molar-refractivity contribution < 1.29 is 13.2 Å². The van der Waals surface area contributed by atoms with Gasteiger partial charge in [-0.05, 0) is 12.3 Å². The zero-order valence-corrected chi connectivity index (χ0v) is 15.2. The summed E-state index contributed by atoms with van der Waals surface area (Å²) in [7, 11) is 0. The molecule has 5 nitrogen and oxygen atoms in total. The van der Waals surface area contributed by atoms with Gasteiger partial charge in [0.15, 0.2) is 4.34 Å². The largest absolute Gasteiger partial charge is 0.431 e. The van der Waals surface area contributed by atoms with Crippen molar-refractivity contribution in [3.63, 3.8) is 0 Å². The number of thiazole rings is 1. The molecule has 0 saturated carbocycles. The van der Waals surface area contributed by atoms with Crippen LogP contribution in [-0.2, 0) is 6.18 Å². The highest BCUT2D eigenvalue weighted by Gasteiger charge is 2.33. The second-order valence-corrected chi connectivity index (χ2v) is 7.58. The Kier molecular flexibility index (Phi) is 4.65. The van der Waals surface area contributed by atoms with Crippen LogP contribution in [0, 0.1) is 0 Å².